The molecule has 5 rings (SSSR count). The van der Waals surface area contributed by atoms with Crippen LogP contribution < -0.4 is 16.0 Å². The van der Waals surface area contributed by atoms with E-state index in [2.05, 4.69) is 30.3 Å². The zero-order chi connectivity index (χ0) is 20.5. The van der Waals surface area contributed by atoms with E-state index >= 15 is 0 Å². The first-order valence-corrected chi connectivity index (χ1v) is 9.86. The molecule has 8 nitrogen and oxygen atoms in total. The maximum Gasteiger partial charge on any atom is 0.229 e. The molecule has 5 heterocycles. The molecule has 0 aliphatic carbocycles. The van der Waals surface area contributed by atoms with E-state index in [1.54, 1.807) is 41.4 Å². The predicted octanol–water partition coefficient (Wildman–Crippen LogP) is 3.00. The quantitative estimate of drug-likeness (QED) is 0.540. The smallest absolute Gasteiger partial charge is 0.229 e. The minimum atomic E-state index is -0.421. The van der Waals surface area contributed by atoms with Crippen molar-refractivity contribution in [1.82, 2.24) is 24.6 Å². The van der Waals surface area contributed by atoms with Crippen molar-refractivity contribution in [3.8, 4) is 11.4 Å². The molecule has 0 radical (unpaired) electrons. The Bertz CT molecular complexity index is 1190. The van der Waals surface area contributed by atoms with Gasteiger partial charge in [0.2, 0.25) is 5.95 Å². The number of hydrogen-bond donors (Lipinski definition) is 2. The standard InChI is InChI=1S/C21H21FN8/c22-16-4-1-8-25-20(16)17-6-5-15-11-26-21(30(15)28-17)27-18-12-24-9-7-19(18)29-10-2-3-14(23)13-29/h1,4-9,11-12,14H,2-3,10,13,23H2,(H,26,27). The van der Waals surface area contributed by atoms with Gasteiger partial charge in [-0.05, 0) is 43.2 Å². The Morgan fingerprint density at radius 3 is 2.90 bits per heavy atom. The molecule has 0 saturated carbocycles. The molecular formula is C21H21FN8. The largest absolute Gasteiger partial charge is 0.368 e. The zero-order valence-electron chi connectivity index (χ0n) is 16.2. The Morgan fingerprint density at radius 2 is 2.03 bits per heavy atom. The number of fused-ring (bicyclic) bond motifs is 1. The third-order valence-electron chi connectivity index (χ3n) is 5.23. The fourth-order valence-electron chi connectivity index (χ4n) is 3.78. The first-order chi connectivity index (χ1) is 14.7. The van der Waals surface area contributed by atoms with Gasteiger partial charge in [-0.2, -0.15) is 9.61 Å². The maximum absolute atomic E-state index is 14.2. The van der Waals surface area contributed by atoms with Crippen molar-refractivity contribution in [3.05, 3.63) is 60.9 Å². The lowest BCUT2D eigenvalue weighted by Gasteiger charge is -2.33. The molecular weight excluding hydrogens is 383 g/mol. The van der Waals surface area contributed by atoms with Crippen LogP contribution in [-0.4, -0.2) is 43.7 Å². The Morgan fingerprint density at radius 1 is 1.10 bits per heavy atom. The molecule has 1 fully saturated rings. The summed E-state index contributed by atoms with van der Waals surface area (Å²) in [6, 6.07) is 8.62. The summed E-state index contributed by atoms with van der Waals surface area (Å²) < 4.78 is 15.8. The first kappa shape index (κ1) is 18.4. The number of hydrogen-bond acceptors (Lipinski definition) is 7. The van der Waals surface area contributed by atoms with E-state index in [9.17, 15) is 4.39 Å². The summed E-state index contributed by atoms with van der Waals surface area (Å²) in [5, 5.41) is 7.88. The molecule has 9 heteroatoms. The molecule has 0 bridgehead atoms. The van der Waals surface area contributed by atoms with Crippen LogP contribution in [-0.2, 0) is 0 Å². The van der Waals surface area contributed by atoms with Gasteiger partial charge in [-0.1, -0.05) is 0 Å². The van der Waals surface area contributed by atoms with Crippen LogP contribution in [0.5, 0.6) is 0 Å². The normalized spacial score (nSPS) is 16.7. The van der Waals surface area contributed by atoms with Gasteiger partial charge in [-0.25, -0.2) is 9.37 Å². The Kier molecular flexibility index (Phi) is 4.72. The molecule has 1 unspecified atom stereocenters. The first-order valence-electron chi connectivity index (χ1n) is 9.86. The second-order valence-corrected chi connectivity index (χ2v) is 7.34. The van der Waals surface area contributed by atoms with Crippen LogP contribution in [0.4, 0.5) is 21.7 Å². The summed E-state index contributed by atoms with van der Waals surface area (Å²) in [7, 11) is 0. The third-order valence-corrected chi connectivity index (χ3v) is 5.23. The molecule has 30 heavy (non-hydrogen) atoms. The molecule has 1 aliphatic heterocycles. The number of nitrogens with one attached hydrogen (secondary N) is 1. The van der Waals surface area contributed by atoms with Crippen molar-refractivity contribution >= 4 is 22.8 Å². The van der Waals surface area contributed by atoms with Gasteiger partial charge in [-0.3, -0.25) is 9.97 Å². The minimum absolute atomic E-state index is 0.157. The van der Waals surface area contributed by atoms with Gasteiger partial charge in [0.15, 0.2) is 5.82 Å². The summed E-state index contributed by atoms with van der Waals surface area (Å²) >= 11 is 0. The minimum Gasteiger partial charge on any atom is -0.368 e. The number of anilines is 3. The number of rotatable bonds is 4. The fraction of sp³-hybridized carbons (Fsp3) is 0.238. The molecule has 1 atom stereocenters. The van der Waals surface area contributed by atoms with E-state index in [4.69, 9.17) is 5.73 Å². The SMILES string of the molecule is NC1CCCN(c2ccncc2Nc2ncc3ccc(-c4ncccc4F)nn23)C1. The highest BCUT2D eigenvalue weighted by molar-refractivity contribution is 5.73. The Labute approximate surface area is 172 Å². The molecule has 0 spiro atoms. The van der Waals surface area contributed by atoms with Crippen LogP contribution in [0.25, 0.3) is 16.9 Å². The van der Waals surface area contributed by atoms with Crippen LogP contribution in [0.3, 0.4) is 0 Å². The van der Waals surface area contributed by atoms with Crippen molar-refractivity contribution < 1.29 is 4.39 Å². The van der Waals surface area contributed by atoms with Crippen LogP contribution in [0.15, 0.2) is 55.1 Å². The van der Waals surface area contributed by atoms with Gasteiger partial charge in [0.05, 0.1) is 29.3 Å². The molecule has 0 aromatic carbocycles. The summed E-state index contributed by atoms with van der Waals surface area (Å²) in [6.45, 7) is 1.73. The second kappa shape index (κ2) is 7.68. The van der Waals surface area contributed by atoms with Crippen molar-refractivity contribution in [2.45, 2.75) is 18.9 Å². The highest BCUT2D eigenvalue weighted by Crippen LogP contribution is 2.30. The van der Waals surface area contributed by atoms with Crippen molar-refractivity contribution in [1.29, 1.82) is 0 Å². The second-order valence-electron chi connectivity index (χ2n) is 7.34. The zero-order valence-corrected chi connectivity index (χ0v) is 16.2. The van der Waals surface area contributed by atoms with E-state index in [1.807, 2.05) is 12.1 Å². The lowest BCUT2D eigenvalue weighted by Crippen LogP contribution is -2.43. The number of imidazole rings is 1. The number of piperidine rings is 1. The summed E-state index contributed by atoms with van der Waals surface area (Å²) in [4.78, 5) is 15.1. The third kappa shape index (κ3) is 3.43. The molecule has 4 aromatic rings. The highest BCUT2D eigenvalue weighted by atomic mass is 19.1. The fourth-order valence-corrected chi connectivity index (χ4v) is 3.78. The van der Waals surface area contributed by atoms with Crippen molar-refractivity contribution in [3.63, 3.8) is 0 Å². The average Bonchev–Trinajstić information content (AvgIpc) is 3.16. The van der Waals surface area contributed by atoms with Crippen LogP contribution in [0, 0.1) is 5.82 Å². The molecule has 1 saturated heterocycles. The maximum atomic E-state index is 14.2. The van der Waals surface area contributed by atoms with E-state index in [-0.39, 0.29) is 11.7 Å². The topological polar surface area (TPSA) is 97.3 Å². The lowest BCUT2D eigenvalue weighted by atomic mass is 10.1. The highest BCUT2D eigenvalue weighted by Gasteiger charge is 2.20. The van der Waals surface area contributed by atoms with Crippen LogP contribution in [0.1, 0.15) is 12.8 Å². The van der Waals surface area contributed by atoms with Gasteiger partial charge in [0.1, 0.15) is 11.4 Å². The average molecular weight is 404 g/mol. The van der Waals surface area contributed by atoms with Gasteiger partial charge in [-0.15, -0.1) is 0 Å². The van der Waals surface area contributed by atoms with Crippen molar-refractivity contribution in [2.75, 3.05) is 23.3 Å². The van der Waals surface area contributed by atoms with Crippen LogP contribution >= 0.6 is 0 Å². The van der Waals surface area contributed by atoms with E-state index in [1.165, 1.54) is 6.07 Å². The molecule has 0 amide bonds. The van der Waals surface area contributed by atoms with E-state index in [0.717, 1.165) is 42.8 Å². The summed E-state index contributed by atoms with van der Waals surface area (Å²) in [5.74, 6) is 0.0914. The van der Waals surface area contributed by atoms with Gasteiger partial charge in [0.25, 0.3) is 0 Å². The molecule has 152 valence electrons. The van der Waals surface area contributed by atoms with Gasteiger partial charge in [0, 0.05) is 31.5 Å². The predicted molar refractivity (Wildman–Crippen MR) is 113 cm³/mol. The molecule has 4 aromatic heterocycles. The number of aromatic nitrogens is 5. The lowest BCUT2D eigenvalue weighted by molar-refractivity contribution is 0.506. The Balaban J connectivity index is 1.51. The van der Waals surface area contributed by atoms with Crippen molar-refractivity contribution in [2.24, 2.45) is 5.73 Å². The van der Waals surface area contributed by atoms with Gasteiger partial charge < -0.3 is 16.0 Å². The number of pyridine rings is 2. The number of nitrogens with zero attached hydrogens (tertiary/aromatic N) is 6. The van der Waals surface area contributed by atoms with Gasteiger partial charge >= 0.3 is 0 Å². The molecule has 3 N–H and O–H groups in total. The molecule has 1 aliphatic rings. The summed E-state index contributed by atoms with van der Waals surface area (Å²) in [5.41, 5.74) is 9.40. The summed E-state index contributed by atoms with van der Waals surface area (Å²) in [6.07, 6.45) is 8.87. The van der Waals surface area contributed by atoms with E-state index in [0.29, 0.717) is 11.6 Å². The number of halogens is 1. The Hall–Kier alpha value is -3.59. The number of nitrogens with two attached hydrogens (primary N) is 1. The van der Waals surface area contributed by atoms with Crippen LogP contribution in [0.2, 0.25) is 0 Å². The monoisotopic (exact) mass is 404 g/mol. The van der Waals surface area contributed by atoms with E-state index < -0.39 is 5.82 Å².